The monoisotopic (exact) mass is 412 g/mol. The lowest BCUT2D eigenvalue weighted by molar-refractivity contribution is -0.131. The SMILES string of the molecule is CC(=O)Oc1cc(OP(=O)(O)Oc2ccccc2)ccc1C(=O)c1ccccc1. The first-order valence-electron chi connectivity index (χ1n) is 8.53. The van der Waals surface area contributed by atoms with E-state index in [0.717, 1.165) is 0 Å². The number of ketones is 1. The second-order valence-electron chi connectivity index (χ2n) is 5.91. The Bertz CT molecular complexity index is 1060. The Morgan fingerprint density at radius 1 is 0.828 bits per heavy atom. The molecule has 0 saturated heterocycles. The molecular weight excluding hydrogens is 395 g/mol. The van der Waals surface area contributed by atoms with Crippen LogP contribution >= 0.6 is 7.82 Å². The van der Waals surface area contributed by atoms with Gasteiger partial charge in [-0.15, -0.1) is 0 Å². The first kappa shape index (κ1) is 20.3. The normalized spacial score (nSPS) is 12.5. The number of ether oxygens (including phenoxy) is 1. The highest BCUT2D eigenvalue weighted by Crippen LogP contribution is 2.45. The molecule has 1 unspecified atom stereocenters. The van der Waals surface area contributed by atoms with Gasteiger partial charge >= 0.3 is 13.8 Å². The topological polar surface area (TPSA) is 99.1 Å². The number of carbonyl (C=O) groups is 2. The summed E-state index contributed by atoms with van der Waals surface area (Å²) in [5, 5.41) is 0. The molecule has 8 heteroatoms. The van der Waals surface area contributed by atoms with Gasteiger partial charge in [0.2, 0.25) is 0 Å². The molecule has 1 N–H and O–H groups in total. The second-order valence-corrected chi connectivity index (χ2v) is 7.21. The standard InChI is InChI=1S/C21H17O7P/c1-15(22)26-20-14-18(28-29(24,25)27-17-10-6-3-7-11-17)12-13-19(20)21(23)16-8-4-2-5-9-16/h2-14H,1H3,(H,24,25). The minimum Gasteiger partial charge on any atom is -0.426 e. The summed E-state index contributed by atoms with van der Waals surface area (Å²) < 4.78 is 27.4. The fraction of sp³-hybridized carbons (Fsp3) is 0.0476. The highest BCUT2D eigenvalue weighted by atomic mass is 31.2. The van der Waals surface area contributed by atoms with E-state index in [1.807, 2.05) is 0 Å². The molecule has 0 aliphatic rings. The van der Waals surface area contributed by atoms with Gasteiger partial charge in [0.1, 0.15) is 17.2 Å². The highest BCUT2D eigenvalue weighted by molar-refractivity contribution is 7.48. The van der Waals surface area contributed by atoms with Crippen LogP contribution in [0.4, 0.5) is 0 Å². The molecule has 148 valence electrons. The van der Waals surface area contributed by atoms with Crippen LogP contribution < -0.4 is 13.8 Å². The van der Waals surface area contributed by atoms with Gasteiger partial charge in [-0.2, -0.15) is 0 Å². The summed E-state index contributed by atoms with van der Waals surface area (Å²) in [6.45, 7) is 1.18. The number of rotatable bonds is 7. The molecule has 29 heavy (non-hydrogen) atoms. The van der Waals surface area contributed by atoms with Gasteiger partial charge in [-0.25, -0.2) is 4.57 Å². The number of benzene rings is 3. The van der Waals surface area contributed by atoms with Gasteiger partial charge in [-0.05, 0) is 24.3 Å². The maximum absolute atomic E-state index is 12.7. The van der Waals surface area contributed by atoms with E-state index in [-0.39, 0.29) is 28.6 Å². The number of carbonyl (C=O) groups excluding carboxylic acids is 2. The molecule has 0 aliphatic heterocycles. The maximum Gasteiger partial charge on any atom is 0.584 e. The third-order valence-electron chi connectivity index (χ3n) is 3.67. The number of hydrogen-bond acceptors (Lipinski definition) is 6. The summed E-state index contributed by atoms with van der Waals surface area (Å²) in [5.74, 6) is -1.08. The van der Waals surface area contributed by atoms with E-state index in [4.69, 9.17) is 13.8 Å². The molecule has 0 bridgehead atoms. The summed E-state index contributed by atoms with van der Waals surface area (Å²) in [7, 11) is -4.51. The van der Waals surface area contributed by atoms with Crippen molar-refractivity contribution in [3.8, 4) is 17.2 Å². The summed E-state index contributed by atoms with van der Waals surface area (Å²) in [4.78, 5) is 34.2. The summed E-state index contributed by atoms with van der Waals surface area (Å²) in [6, 6.07) is 20.3. The molecular formula is C21H17O7P. The summed E-state index contributed by atoms with van der Waals surface area (Å²) >= 11 is 0. The molecule has 0 amide bonds. The minimum absolute atomic E-state index is 0.0939. The lowest BCUT2D eigenvalue weighted by atomic mass is 10.0. The third kappa shape index (κ3) is 5.54. The largest absolute Gasteiger partial charge is 0.584 e. The van der Waals surface area contributed by atoms with Crippen molar-refractivity contribution in [1.29, 1.82) is 0 Å². The maximum atomic E-state index is 12.7. The molecule has 7 nitrogen and oxygen atoms in total. The number of para-hydroxylation sites is 1. The van der Waals surface area contributed by atoms with Gasteiger partial charge in [0, 0.05) is 18.6 Å². The number of phosphoric ester groups is 1. The van der Waals surface area contributed by atoms with E-state index in [1.54, 1.807) is 48.5 Å². The van der Waals surface area contributed by atoms with Crippen LogP contribution in [0, 0.1) is 0 Å². The van der Waals surface area contributed by atoms with Crippen molar-refractivity contribution in [3.63, 3.8) is 0 Å². The molecule has 0 spiro atoms. The van der Waals surface area contributed by atoms with E-state index < -0.39 is 13.8 Å². The van der Waals surface area contributed by atoms with Crippen LogP contribution in [-0.2, 0) is 9.36 Å². The van der Waals surface area contributed by atoms with Gasteiger partial charge < -0.3 is 13.8 Å². The quantitative estimate of drug-likeness (QED) is 0.266. The van der Waals surface area contributed by atoms with Crippen molar-refractivity contribution in [1.82, 2.24) is 0 Å². The van der Waals surface area contributed by atoms with Crippen LogP contribution in [0.3, 0.4) is 0 Å². The molecule has 3 aromatic rings. The van der Waals surface area contributed by atoms with Crippen LogP contribution in [0.2, 0.25) is 0 Å². The predicted molar refractivity (Wildman–Crippen MR) is 105 cm³/mol. The van der Waals surface area contributed by atoms with Crippen molar-refractivity contribution >= 4 is 19.6 Å². The van der Waals surface area contributed by atoms with Crippen LogP contribution in [0.1, 0.15) is 22.8 Å². The Morgan fingerprint density at radius 2 is 1.41 bits per heavy atom. The lowest BCUT2D eigenvalue weighted by Crippen LogP contribution is -2.09. The highest BCUT2D eigenvalue weighted by Gasteiger charge is 2.26. The molecule has 3 rings (SSSR count). The third-order valence-corrected chi connectivity index (χ3v) is 4.56. The Hall–Kier alpha value is -3.41. The summed E-state index contributed by atoms with van der Waals surface area (Å²) in [6.07, 6.45) is 0. The van der Waals surface area contributed by atoms with Crippen molar-refractivity contribution in [2.75, 3.05) is 0 Å². The molecule has 3 aromatic carbocycles. The van der Waals surface area contributed by atoms with Crippen LogP contribution in [0.25, 0.3) is 0 Å². The molecule has 0 aromatic heterocycles. The zero-order valence-corrected chi connectivity index (χ0v) is 16.2. The van der Waals surface area contributed by atoms with E-state index >= 15 is 0 Å². The van der Waals surface area contributed by atoms with E-state index in [9.17, 15) is 19.0 Å². The van der Waals surface area contributed by atoms with E-state index in [2.05, 4.69) is 0 Å². The Labute approximate surface area is 167 Å². The van der Waals surface area contributed by atoms with Crippen LogP contribution in [0.5, 0.6) is 17.2 Å². The van der Waals surface area contributed by atoms with Crippen LogP contribution in [0.15, 0.2) is 78.9 Å². The predicted octanol–water partition coefficient (Wildman–Crippen LogP) is 4.40. The average molecular weight is 412 g/mol. The Morgan fingerprint density at radius 3 is 2.03 bits per heavy atom. The fourth-order valence-electron chi connectivity index (χ4n) is 2.50. The minimum atomic E-state index is -4.51. The molecule has 0 saturated carbocycles. The second kappa shape index (κ2) is 8.73. The molecule has 0 radical (unpaired) electrons. The molecule has 0 fully saturated rings. The van der Waals surface area contributed by atoms with Gasteiger partial charge in [-0.1, -0.05) is 48.5 Å². The fourth-order valence-corrected chi connectivity index (χ4v) is 3.30. The van der Waals surface area contributed by atoms with Gasteiger partial charge in [0.25, 0.3) is 0 Å². The molecule has 1 atom stereocenters. The smallest absolute Gasteiger partial charge is 0.426 e. The first-order valence-corrected chi connectivity index (χ1v) is 10.0. The first-order chi connectivity index (χ1) is 13.8. The van der Waals surface area contributed by atoms with Gasteiger partial charge in [-0.3, -0.25) is 14.5 Å². The van der Waals surface area contributed by atoms with Crippen molar-refractivity contribution < 1.29 is 32.8 Å². The van der Waals surface area contributed by atoms with E-state index in [0.29, 0.717) is 5.56 Å². The number of esters is 1. The Kier molecular flexibility index (Phi) is 6.12. The van der Waals surface area contributed by atoms with Crippen molar-refractivity contribution in [2.24, 2.45) is 0 Å². The number of hydrogen-bond donors (Lipinski definition) is 1. The van der Waals surface area contributed by atoms with Crippen molar-refractivity contribution in [2.45, 2.75) is 6.92 Å². The summed E-state index contributed by atoms with van der Waals surface area (Å²) in [5.41, 5.74) is 0.505. The van der Waals surface area contributed by atoms with Gasteiger partial charge in [0.05, 0.1) is 5.56 Å². The zero-order chi connectivity index (χ0) is 20.9. The number of phosphoric acid groups is 1. The molecule has 0 aliphatic carbocycles. The van der Waals surface area contributed by atoms with Crippen molar-refractivity contribution in [3.05, 3.63) is 90.0 Å². The molecule has 0 heterocycles. The Balaban J connectivity index is 1.88. The van der Waals surface area contributed by atoms with Crippen LogP contribution in [-0.4, -0.2) is 16.6 Å². The lowest BCUT2D eigenvalue weighted by Gasteiger charge is -2.15. The van der Waals surface area contributed by atoms with E-state index in [1.165, 1.54) is 37.3 Å². The van der Waals surface area contributed by atoms with Gasteiger partial charge in [0.15, 0.2) is 5.78 Å². The average Bonchev–Trinajstić information content (AvgIpc) is 2.68. The zero-order valence-electron chi connectivity index (χ0n) is 15.3.